The van der Waals surface area contributed by atoms with E-state index in [4.69, 9.17) is 11.6 Å². The van der Waals surface area contributed by atoms with E-state index in [1.165, 1.54) is 16.1 Å². The van der Waals surface area contributed by atoms with E-state index in [0.29, 0.717) is 17.3 Å². The van der Waals surface area contributed by atoms with Crippen molar-refractivity contribution in [2.75, 3.05) is 7.05 Å². The molecule has 0 aliphatic rings. The normalized spacial score (nSPS) is 11.6. The Labute approximate surface area is 146 Å². The third-order valence-corrected chi connectivity index (χ3v) is 5.60. The molecule has 6 heteroatoms. The lowest BCUT2D eigenvalue weighted by Gasteiger charge is -2.10. The van der Waals surface area contributed by atoms with Crippen LogP contribution in [0.15, 0.2) is 71.8 Å². The van der Waals surface area contributed by atoms with Crippen molar-refractivity contribution in [2.24, 2.45) is 0 Å². The summed E-state index contributed by atoms with van der Waals surface area (Å²) in [6.07, 6.45) is 1.66. The molecule has 3 rings (SSSR count). The molecule has 2 aromatic carbocycles. The van der Waals surface area contributed by atoms with E-state index in [0.717, 1.165) is 11.1 Å². The molecule has 1 N–H and O–H groups in total. The standard InChI is InChI=1S/C18H17ClN2O2S/c1-20-12-14-11-18(15-5-3-2-4-6-15)21(13-14)24(22,23)17-9-7-16(19)8-10-17/h2-11,13,20H,12H2,1H3. The molecule has 0 spiro atoms. The lowest BCUT2D eigenvalue weighted by Crippen LogP contribution is -2.13. The van der Waals surface area contributed by atoms with Gasteiger partial charge in [-0.2, -0.15) is 0 Å². The minimum absolute atomic E-state index is 0.204. The second-order valence-electron chi connectivity index (χ2n) is 5.38. The summed E-state index contributed by atoms with van der Waals surface area (Å²) in [5.41, 5.74) is 2.38. The molecule has 0 amide bonds. The number of nitrogens with zero attached hydrogens (tertiary/aromatic N) is 1. The van der Waals surface area contributed by atoms with Gasteiger partial charge in [-0.05, 0) is 48.5 Å². The minimum atomic E-state index is -3.70. The van der Waals surface area contributed by atoms with Gasteiger partial charge in [-0.25, -0.2) is 12.4 Å². The lowest BCUT2D eigenvalue weighted by atomic mass is 10.1. The van der Waals surface area contributed by atoms with E-state index < -0.39 is 10.0 Å². The summed E-state index contributed by atoms with van der Waals surface area (Å²) in [4.78, 5) is 0.204. The van der Waals surface area contributed by atoms with E-state index in [-0.39, 0.29) is 4.90 Å². The van der Waals surface area contributed by atoms with Crippen molar-refractivity contribution < 1.29 is 8.42 Å². The predicted molar refractivity (Wildman–Crippen MR) is 96.7 cm³/mol. The van der Waals surface area contributed by atoms with Crippen LogP contribution in [0.25, 0.3) is 11.3 Å². The molecule has 24 heavy (non-hydrogen) atoms. The maximum absolute atomic E-state index is 13.1. The van der Waals surface area contributed by atoms with Crippen LogP contribution < -0.4 is 5.32 Å². The zero-order chi connectivity index (χ0) is 17.2. The Bertz CT molecular complexity index is 933. The fourth-order valence-electron chi connectivity index (χ4n) is 2.54. The van der Waals surface area contributed by atoms with Crippen molar-refractivity contribution in [3.8, 4) is 11.3 Å². The maximum atomic E-state index is 13.1. The van der Waals surface area contributed by atoms with Crippen molar-refractivity contribution in [1.82, 2.24) is 9.29 Å². The van der Waals surface area contributed by atoms with Gasteiger partial charge in [-0.1, -0.05) is 41.9 Å². The number of halogens is 1. The van der Waals surface area contributed by atoms with Crippen molar-refractivity contribution >= 4 is 21.6 Å². The van der Waals surface area contributed by atoms with Crippen LogP contribution in [0.4, 0.5) is 0 Å². The van der Waals surface area contributed by atoms with Crippen molar-refractivity contribution in [3.05, 3.63) is 77.4 Å². The highest BCUT2D eigenvalue weighted by atomic mass is 35.5. The van der Waals surface area contributed by atoms with Gasteiger partial charge in [0, 0.05) is 17.8 Å². The third-order valence-electron chi connectivity index (χ3n) is 3.66. The highest BCUT2D eigenvalue weighted by molar-refractivity contribution is 7.90. The van der Waals surface area contributed by atoms with Gasteiger partial charge in [0.1, 0.15) is 0 Å². The van der Waals surface area contributed by atoms with Gasteiger partial charge in [-0.3, -0.25) is 0 Å². The Kier molecular flexibility index (Phi) is 4.76. The summed E-state index contributed by atoms with van der Waals surface area (Å²) in [5.74, 6) is 0. The van der Waals surface area contributed by atoms with Crippen molar-refractivity contribution in [2.45, 2.75) is 11.4 Å². The molecule has 0 saturated heterocycles. The van der Waals surface area contributed by atoms with E-state index in [1.54, 1.807) is 18.3 Å². The molecular formula is C18H17ClN2O2S. The molecule has 0 fully saturated rings. The highest BCUT2D eigenvalue weighted by Crippen LogP contribution is 2.27. The Morgan fingerprint density at radius 3 is 2.33 bits per heavy atom. The zero-order valence-corrected chi connectivity index (χ0v) is 14.7. The van der Waals surface area contributed by atoms with Gasteiger partial charge in [0.25, 0.3) is 10.0 Å². The van der Waals surface area contributed by atoms with Crippen LogP contribution in [0.1, 0.15) is 5.56 Å². The number of nitrogens with one attached hydrogen (secondary N) is 1. The van der Waals surface area contributed by atoms with Gasteiger partial charge < -0.3 is 5.32 Å². The second kappa shape index (κ2) is 6.81. The summed E-state index contributed by atoms with van der Waals surface area (Å²) in [6, 6.07) is 17.5. The summed E-state index contributed by atoms with van der Waals surface area (Å²) < 4.78 is 27.4. The maximum Gasteiger partial charge on any atom is 0.268 e. The summed E-state index contributed by atoms with van der Waals surface area (Å²) >= 11 is 5.87. The van der Waals surface area contributed by atoms with Crippen LogP contribution in [0.2, 0.25) is 5.02 Å². The molecule has 4 nitrogen and oxygen atoms in total. The molecular weight excluding hydrogens is 344 g/mol. The number of benzene rings is 2. The molecule has 0 bridgehead atoms. The van der Waals surface area contributed by atoms with Crippen molar-refractivity contribution in [3.63, 3.8) is 0 Å². The molecule has 0 saturated carbocycles. The second-order valence-corrected chi connectivity index (χ2v) is 7.64. The van der Waals surface area contributed by atoms with E-state index in [1.807, 2.05) is 43.4 Å². The Morgan fingerprint density at radius 1 is 1.04 bits per heavy atom. The first-order valence-corrected chi connectivity index (χ1v) is 9.26. The fraction of sp³-hybridized carbons (Fsp3) is 0.111. The van der Waals surface area contributed by atoms with Crippen LogP contribution in [-0.4, -0.2) is 19.4 Å². The minimum Gasteiger partial charge on any atom is -0.316 e. The monoisotopic (exact) mass is 360 g/mol. The molecule has 3 aromatic rings. The molecule has 1 heterocycles. The summed E-state index contributed by atoms with van der Waals surface area (Å²) in [5, 5.41) is 3.55. The summed E-state index contributed by atoms with van der Waals surface area (Å²) in [6.45, 7) is 0.586. The Balaban J connectivity index is 2.17. The van der Waals surface area contributed by atoms with Crippen LogP contribution in [-0.2, 0) is 16.6 Å². The molecule has 0 aliphatic carbocycles. The summed E-state index contributed by atoms with van der Waals surface area (Å²) in [7, 11) is -1.88. The van der Waals surface area contributed by atoms with Crippen molar-refractivity contribution in [1.29, 1.82) is 0 Å². The van der Waals surface area contributed by atoms with Gasteiger partial charge in [0.05, 0.1) is 10.6 Å². The fourth-order valence-corrected chi connectivity index (χ4v) is 4.06. The average molecular weight is 361 g/mol. The highest BCUT2D eigenvalue weighted by Gasteiger charge is 2.21. The van der Waals surface area contributed by atoms with Crippen LogP contribution in [0.3, 0.4) is 0 Å². The quantitative estimate of drug-likeness (QED) is 0.753. The molecule has 0 unspecified atom stereocenters. The van der Waals surface area contributed by atoms with Crippen LogP contribution in [0.5, 0.6) is 0 Å². The third kappa shape index (κ3) is 3.24. The predicted octanol–water partition coefficient (Wildman–Crippen LogP) is 3.76. The molecule has 0 aliphatic heterocycles. The van der Waals surface area contributed by atoms with Crippen LogP contribution in [0, 0.1) is 0 Å². The number of rotatable bonds is 5. The average Bonchev–Trinajstić information content (AvgIpc) is 3.01. The van der Waals surface area contributed by atoms with E-state index in [2.05, 4.69) is 5.32 Å². The largest absolute Gasteiger partial charge is 0.316 e. The number of hydrogen-bond acceptors (Lipinski definition) is 3. The van der Waals surface area contributed by atoms with Gasteiger partial charge in [0.15, 0.2) is 0 Å². The van der Waals surface area contributed by atoms with Crippen LogP contribution >= 0.6 is 11.6 Å². The first kappa shape index (κ1) is 16.8. The smallest absolute Gasteiger partial charge is 0.268 e. The molecule has 1 aromatic heterocycles. The van der Waals surface area contributed by atoms with E-state index in [9.17, 15) is 8.42 Å². The van der Waals surface area contributed by atoms with Gasteiger partial charge in [-0.15, -0.1) is 0 Å². The number of aromatic nitrogens is 1. The first-order chi connectivity index (χ1) is 11.5. The SMILES string of the molecule is CNCc1cc(-c2ccccc2)n(S(=O)(=O)c2ccc(Cl)cc2)c1. The zero-order valence-electron chi connectivity index (χ0n) is 13.1. The molecule has 0 radical (unpaired) electrons. The number of hydrogen-bond donors (Lipinski definition) is 1. The van der Waals surface area contributed by atoms with Gasteiger partial charge in [0.2, 0.25) is 0 Å². The topological polar surface area (TPSA) is 51.1 Å². The van der Waals surface area contributed by atoms with E-state index >= 15 is 0 Å². The van der Waals surface area contributed by atoms with Gasteiger partial charge >= 0.3 is 0 Å². The Morgan fingerprint density at radius 2 is 1.71 bits per heavy atom. The Hall–Kier alpha value is -2.08. The molecule has 124 valence electrons. The lowest BCUT2D eigenvalue weighted by molar-refractivity contribution is 0.588. The molecule has 0 atom stereocenters. The first-order valence-electron chi connectivity index (χ1n) is 7.45.